The van der Waals surface area contributed by atoms with Gasteiger partial charge in [-0.15, -0.1) is 0 Å². The van der Waals surface area contributed by atoms with Crippen LogP contribution in [0.2, 0.25) is 0 Å². The van der Waals surface area contributed by atoms with Gasteiger partial charge in [0.25, 0.3) is 0 Å². The highest BCUT2D eigenvalue weighted by Gasteiger charge is 2.17. The summed E-state index contributed by atoms with van der Waals surface area (Å²) in [5, 5.41) is 8.91. The van der Waals surface area contributed by atoms with Gasteiger partial charge >= 0.3 is 0 Å². The Kier molecular flexibility index (Phi) is 2.99. The van der Waals surface area contributed by atoms with Gasteiger partial charge in [-0.1, -0.05) is 12.1 Å². The number of aromatic nitrogens is 2. The smallest absolute Gasteiger partial charge is 0.218 e. The molecule has 0 N–H and O–H groups in total. The van der Waals surface area contributed by atoms with E-state index in [-0.39, 0.29) is 0 Å². The number of hydrogen-bond donors (Lipinski definition) is 0. The van der Waals surface area contributed by atoms with Gasteiger partial charge in [0.15, 0.2) is 0 Å². The highest BCUT2D eigenvalue weighted by Crippen LogP contribution is 2.23. The summed E-state index contributed by atoms with van der Waals surface area (Å²) in [6, 6.07) is 11.4. The monoisotopic (exact) mass is 252 g/mol. The van der Waals surface area contributed by atoms with Gasteiger partial charge in [-0.25, -0.2) is 9.97 Å². The summed E-state index contributed by atoms with van der Waals surface area (Å²) in [5.41, 5.74) is 1.46. The van der Waals surface area contributed by atoms with Crippen LogP contribution >= 0.6 is 0 Å². The molecule has 0 aromatic carbocycles. The first-order valence-corrected chi connectivity index (χ1v) is 6.05. The Balaban J connectivity index is 1.92. The quantitative estimate of drug-likeness (QED) is 0.773. The van der Waals surface area contributed by atoms with E-state index in [1.54, 1.807) is 12.3 Å². The number of nitrogens with zero attached hydrogens (tertiary/aromatic N) is 4. The fourth-order valence-electron chi connectivity index (χ4n) is 2.07. The molecule has 2 aromatic rings. The Bertz CT molecular complexity index is 635. The molecule has 1 aliphatic heterocycles. The molecule has 94 valence electrons. The molecule has 0 radical (unpaired) electrons. The lowest BCUT2D eigenvalue weighted by Gasteiger charge is -2.20. The second-order valence-electron chi connectivity index (χ2n) is 4.23. The lowest BCUT2D eigenvalue weighted by atomic mass is 10.2. The molecule has 0 bridgehead atoms. The van der Waals surface area contributed by atoms with Gasteiger partial charge < -0.3 is 9.64 Å². The minimum atomic E-state index is 0.425. The molecule has 0 fully saturated rings. The summed E-state index contributed by atoms with van der Waals surface area (Å²) in [7, 11) is 0. The number of pyridine rings is 2. The maximum absolute atomic E-state index is 8.91. The highest BCUT2D eigenvalue weighted by atomic mass is 16.5. The number of fused-ring (bicyclic) bond motifs is 1. The molecule has 0 spiro atoms. The van der Waals surface area contributed by atoms with E-state index in [0.717, 1.165) is 17.9 Å². The fourth-order valence-corrected chi connectivity index (χ4v) is 2.07. The Morgan fingerprint density at radius 3 is 3.11 bits per heavy atom. The SMILES string of the molecule is N#Cc1cccc(N2CCOc3ncccc3C2)n1. The van der Waals surface area contributed by atoms with Crippen LogP contribution in [0, 0.1) is 11.3 Å². The van der Waals surface area contributed by atoms with Crippen LogP contribution < -0.4 is 9.64 Å². The third kappa shape index (κ3) is 2.33. The van der Waals surface area contributed by atoms with Crippen molar-refractivity contribution < 1.29 is 4.74 Å². The summed E-state index contributed by atoms with van der Waals surface area (Å²) in [5.74, 6) is 1.47. The van der Waals surface area contributed by atoms with Gasteiger partial charge in [0, 0.05) is 18.3 Å². The first-order valence-electron chi connectivity index (χ1n) is 6.05. The van der Waals surface area contributed by atoms with Gasteiger partial charge in [-0.05, 0) is 18.2 Å². The number of anilines is 1. The standard InChI is InChI=1S/C14H12N4O/c15-9-12-4-1-5-13(17-12)18-7-8-19-14-11(10-18)3-2-6-16-14/h1-6H,7-8,10H2. The number of nitriles is 1. The van der Waals surface area contributed by atoms with Gasteiger partial charge in [0.05, 0.1) is 6.54 Å². The third-order valence-electron chi connectivity index (χ3n) is 2.98. The molecule has 3 heterocycles. The predicted molar refractivity (Wildman–Crippen MR) is 69.7 cm³/mol. The number of rotatable bonds is 1. The molecule has 0 unspecified atom stereocenters. The lowest BCUT2D eigenvalue weighted by molar-refractivity contribution is 0.319. The Hall–Kier alpha value is -2.61. The Morgan fingerprint density at radius 2 is 2.21 bits per heavy atom. The van der Waals surface area contributed by atoms with Crippen molar-refractivity contribution in [3.05, 3.63) is 47.8 Å². The van der Waals surface area contributed by atoms with Crippen LogP contribution in [-0.2, 0) is 6.54 Å². The second kappa shape index (κ2) is 4.94. The van der Waals surface area contributed by atoms with Gasteiger partial charge in [0.1, 0.15) is 24.2 Å². The summed E-state index contributed by atoms with van der Waals surface area (Å²) < 4.78 is 5.61. The zero-order valence-corrected chi connectivity index (χ0v) is 10.3. The van der Waals surface area contributed by atoms with E-state index >= 15 is 0 Å². The van der Waals surface area contributed by atoms with Gasteiger partial charge in [-0.3, -0.25) is 0 Å². The molecule has 5 heteroatoms. The van der Waals surface area contributed by atoms with Crippen molar-refractivity contribution in [2.75, 3.05) is 18.1 Å². The molecule has 1 aliphatic rings. The van der Waals surface area contributed by atoms with E-state index in [0.29, 0.717) is 24.7 Å². The van der Waals surface area contributed by atoms with Crippen LogP contribution in [0.3, 0.4) is 0 Å². The maximum Gasteiger partial charge on any atom is 0.218 e. The summed E-state index contributed by atoms with van der Waals surface area (Å²) in [6.45, 7) is 1.96. The summed E-state index contributed by atoms with van der Waals surface area (Å²) >= 11 is 0. The first-order chi connectivity index (χ1) is 9.36. The van der Waals surface area contributed by atoms with Crippen molar-refractivity contribution in [1.82, 2.24) is 9.97 Å². The van der Waals surface area contributed by atoms with Crippen molar-refractivity contribution in [2.45, 2.75) is 6.54 Å². The second-order valence-corrected chi connectivity index (χ2v) is 4.23. The molecule has 0 amide bonds. The molecule has 5 nitrogen and oxygen atoms in total. The van der Waals surface area contributed by atoms with Crippen molar-refractivity contribution in [3.8, 4) is 11.9 Å². The van der Waals surface area contributed by atoms with Crippen molar-refractivity contribution >= 4 is 5.82 Å². The van der Waals surface area contributed by atoms with E-state index in [4.69, 9.17) is 10.00 Å². The fraction of sp³-hybridized carbons (Fsp3) is 0.214. The van der Waals surface area contributed by atoms with E-state index in [1.807, 2.05) is 24.3 Å². The minimum absolute atomic E-state index is 0.425. The highest BCUT2D eigenvalue weighted by molar-refractivity contribution is 5.44. The van der Waals surface area contributed by atoms with Crippen LogP contribution in [0.1, 0.15) is 11.3 Å². The van der Waals surface area contributed by atoms with E-state index in [1.165, 1.54) is 0 Å². The molecular weight excluding hydrogens is 240 g/mol. The molecule has 0 saturated heterocycles. The zero-order valence-electron chi connectivity index (χ0n) is 10.3. The molecule has 2 aromatic heterocycles. The Labute approximate surface area is 111 Å². The van der Waals surface area contributed by atoms with Gasteiger partial charge in [0.2, 0.25) is 5.88 Å². The summed E-state index contributed by atoms with van der Waals surface area (Å²) in [6.07, 6.45) is 1.73. The van der Waals surface area contributed by atoms with E-state index in [9.17, 15) is 0 Å². The molecule has 0 aliphatic carbocycles. The largest absolute Gasteiger partial charge is 0.476 e. The van der Waals surface area contributed by atoms with Crippen LogP contribution in [-0.4, -0.2) is 23.1 Å². The van der Waals surface area contributed by atoms with Crippen LogP contribution in [0.5, 0.6) is 5.88 Å². The predicted octanol–water partition coefficient (Wildman–Crippen LogP) is 1.75. The van der Waals surface area contributed by atoms with E-state index < -0.39 is 0 Å². The van der Waals surface area contributed by atoms with Gasteiger partial charge in [-0.2, -0.15) is 5.26 Å². The summed E-state index contributed by atoms with van der Waals surface area (Å²) in [4.78, 5) is 10.6. The van der Waals surface area contributed by atoms with Crippen LogP contribution in [0.15, 0.2) is 36.5 Å². The normalized spacial score (nSPS) is 13.9. The zero-order chi connectivity index (χ0) is 13.1. The maximum atomic E-state index is 8.91. The van der Waals surface area contributed by atoms with E-state index in [2.05, 4.69) is 20.9 Å². The Morgan fingerprint density at radius 1 is 1.26 bits per heavy atom. The molecule has 0 atom stereocenters. The van der Waals surface area contributed by atoms with Crippen molar-refractivity contribution in [2.24, 2.45) is 0 Å². The minimum Gasteiger partial charge on any atom is -0.476 e. The number of ether oxygens (including phenoxy) is 1. The molecule has 3 rings (SSSR count). The first kappa shape index (κ1) is 11.5. The number of hydrogen-bond acceptors (Lipinski definition) is 5. The average molecular weight is 252 g/mol. The third-order valence-corrected chi connectivity index (χ3v) is 2.98. The molecule has 0 saturated carbocycles. The van der Waals surface area contributed by atoms with Crippen LogP contribution in [0.4, 0.5) is 5.82 Å². The lowest BCUT2D eigenvalue weighted by Crippen LogP contribution is -2.26. The molecular formula is C14H12N4O. The molecule has 19 heavy (non-hydrogen) atoms. The van der Waals surface area contributed by atoms with Crippen molar-refractivity contribution in [3.63, 3.8) is 0 Å². The van der Waals surface area contributed by atoms with Crippen LogP contribution in [0.25, 0.3) is 0 Å². The van der Waals surface area contributed by atoms with Crippen molar-refractivity contribution in [1.29, 1.82) is 5.26 Å². The topological polar surface area (TPSA) is 62.0 Å². The average Bonchev–Trinajstić information content (AvgIpc) is 2.69.